The Morgan fingerprint density at radius 2 is 2.05 bits per heavy atom. The van der Waals surface area contributed by atoms with Gasteiger partial charge in [-0.1, -0.05) is 24.3 Å². The summed E-state index contributed by atoms with van der Waals surface area (Å²) in [5, 5.41) is 2.90. The number of esters is 2. The van der Waals surface area contributed by atoms with Crippen molar-refractivity contribution < 1.29 is 19.1 Å². The molecular weight excluding hydrogens is 270 g/mol. The Bertz CT molecular complexity index is 532. The van der Waals surface area contributed by atoms with Gasteiger partial charge in [-0.25, -0.2) is 9.59 Å². The van der Waals surface area contributed by atoms with Crippen molar-refractivity contribution >= 4 is 17.6 Å². The minimum Gasteiger partial charge on any atom is -0.388 e. The standard InChI is InChI=1S/C16H19NO4/c1-11-3-6-13(7-4-11)17-9-15(18)21-16(19)12(2)5-8-14-10-20-14/h3-4,6-7,14,17H,2,5,8-10H2,1H3. The Morgan fingerprint density at radius 1 is 1.38 bits per heavy atom. The summed E-state index contributed by atoms with van der Waals surface area (Å²) in [5.74, 6) is -1.28. The molecule has 0 aromatic heterocycles. The fraction of sp³-hybridized carbons (Fsp3) is 0.375. The van der Waals surface area contributed by atoms with E-state index in [1.165, 1.54) is 0 Å². The number of anilines is 1. The molecule has 1 N–H and O–H groups in total. The van der Waals surface area contributed by atoms with Gasteiger partial charge in [0.05, 0.1) is 12.7 Å². The third-order valence-electron chi connectivity index (χ3n) is 3.15. The lowest BCUT2D eigenvalue weighted by Gasteiger charge is -2.07. The first kappa shape index (κ1) is 15.3. The van der Waals surface area contributed by atoms with Crippen molar-refractivity contribution in [1.82, 2.24) is 0 Å². The van der Waals surface area contributed by atoms with Crippen molar-refractivity contribution in [2.24, 2.45) is 0 Å². The summed E-state index contributed by atoms with van der Waals surface area (Å²) in [4.78, 5) is 23.2. The topological polar surface area (TPSA) is 67.9 Å². The number of hydrogen-bond acceptors (Lipinski definition) is 5. The zero-order valence-corrected chi connectivity index (χ0v) is 12.1. The monoisotopic (exact) mass is 289 g/mol. The van der Waals surface area contributed by atoms with E-state index in [-0.39, 0.29) is 12.6 Å². The highest BCUT2D eigenvalue weighted by atomic mass is 16.6. The van der Waals surface area contributed by atoms with Gasteiger partial charge in [-0.3, -0.25) is 0 Å². The van der Waals surface area contributed by atoms with Gasteiger partial charge in [-0.05, 0) is 31.9 Å². The van der Waals surface area contributed by atoms with Crippen molar-refractivity contribution in [2.45, 2.75) is 25.9 Å². The number of nitrogens with one attached hydrogen (secondary N) is 1. The molecule has 1 aromatic rings. The molecule has 5 nitrogen and oxygen atoms in total. The fourth-order valence-electron chi connectivity index (χ4n) is 1.73. The van der Waals surface area contributed by atoms with Gasteiger partial charge >= 0.3 is 11.9 Å². The van der Waals surface area contributed by atoms with Crippen molar-refractivity contribution in [3.63, 3.8) is 0 Å². The van der Waals surface area contributed by atoms with E-state index in [0.29, 0.717) is 12.0 Å². The summed E-state index contributed by atoms with van der Waals surface area (Å²) < 4.78 is 9.78. The maximum absolute atomic E-state index is 11.6. The first-order chi connectivity index (χ1) is 10.0. The lowest BCUT2D eigenvalue weighted by atomic mass is 10.1. The smallest absolute Gasteiger partial charge is 0.341 e. The van der Waals surface area contributed by atoms with Crippen LogP contribution in [0.5, 0.6) is 0 Å². The van der Waals surface area contributed by atoms with Crippen LogP contribution < -0.4 is 5.32 Å². The first-order valence-corrected chi connectivity index (χ1v) is 6.89. The molecule has 1 fully saturated rings. The van der Waals surface area contributed by atoms with Crippen molar-refractivity contribution in [3.05, 3.63) is 42.0 Å². The fourth-order valence-corrected chi connectivity index (χ4v) is 1.73. The van der Waals surface area contributed by atoms with Crippen LogP contribution in [0.1, 0.15) is 18.4 Å². The average Bonchev–Trinajstić information content (AvgIpc) is 3.28. The molecule has 1 aliphatic rings. The summed E-state index contributed by atoms with van der Waals surface area (Å²) in [6, 6.07) is 7.58. The van der Waals surface area contributed by atoms with Crippen molar-refractivity contribution in [2.75, 3.05) is 18.5 Å². The van der Waals surface area contributed by atoms with Crippen LogP contribution in [-0.2, 0) is 19.1 Å². The van der Waals surface area contributed by atoms with Crippen molar-refractivity contribution in [3.8, 4) is 0 Å². The van der Waals surface area contributed by atoms with Gasteiger partial charge in [0.15, 0.2) is 0 Å². The number of ether oxygens (including phenoxy) is 2. The molecule has 1 saturated heterocycles. The van der Waals surface area contributed by atoms with Crippen LogP contribution in [0.4, 0.5) is 5.69 Å². The maximum Gasteiger partial charge on any atom is 0.341 e. The van der Waals surface area contributed by atoms with Crippen LogP contribution in [0.3, 0.4) is 0 Å². The first-order valence-electron chi connectivity index (χ1n) is 6.89. The molecule has 2 rings (SSSR count). The van der Waals surface area contributed by atoms with Crippen molar-refractivity contribution in [1.29, 1.82) is 0 Å². The zero-order chi connectivity index (χ0) is 15.2. The summed E-state index contributed by atoms with van der Waals surface area (Å²) in [6.07, 6.45) is 1.46. The van der Waals surface area contributed by atoms with E-state index in [4.69, 9.17) is 9.47 Å². The van der Waals surface area contributed by atoms with Crippen LogP contribution in [0, 0.1) is 6.92 Å². The summed E-state index contributed by atoms with van der Waals surface area (Å²) >= 11 is 0. The Kier molecular flexibility index (Phi) is 5.11. The summed E-state index contributed by atoms with van der Waals surface area (Å²) in [5.41, 5.74) is 2.23. The SMILES string of the molecule is C=C(CCC1CO1)C(=O)OC(=O)CNc1ccc(C)cc1. The lowest BCUT2D eigenvalue weighted by molar-refractivity contribution is -0.155. The minimum atomic E-state index is -0.661. The highest BCUT2D eigenvalue weighted by Gasteiger charge is 2.23. The molecule has 0 spiro atoms. The second kappa shape index (κ2) is 7.04. The normalized spacial score (nSPS) is 16.1. The van der Waals surface area contributed by atoms with E-state index in [1.54, 1.807) is 0 Å². The number of carbonyl (C=O) groups excluding carboxylic acids is 2. The number of rotatable bonds is 7. The molecular formula is C16H19NO4. The van der Waals surface area contributed by atoms with E-state index in [0.717, 1.165) is 24.3 Å². The molecule has 0 aliphatic carbocycles. The molecule has 1 unspecified atom stereocenters. The number of benzene rings is 1. The molecule has 1 aromatic carbocycles. The molecule has 0 bridgehead atoms. The van der Waals surface area contributed by atoms with Gasteiger partial charge in [0.25, 0.3) is 0 Å². The molecule has 1 heterocycles. The average molecular weight is 289 g/mol. The molecule has 5 heteroatoms. The van der Waals surface area contributed by atoms with Crippen LogP contribution in [0.15, 0.2) is 36.4 Å². The Morgan fingerprint density at radius 3 is 2.67 bits per heavy atom. The van der Waals surface area contributed by atoms with Gasteiger partial charge in [-0.15, -0.1) is 0 Å². The van der Waals surface area contributed by atoms with Crippen LogP contribution in [0.25, 0.3) is 0 Å². The Hall–Kier alpha value is -2.14. The number of hydrogen-bond donors (Lipinski definition) is 1. The third kappa shape index (κ3) is 5.39. The molecule has 1 aliphatic heterocycles. The number of carbonyl (C=O) groups is 2. The van der Waals surface area contributed by atoms with E-state index < -0.39 is 11.9 Å². The van der Waals surface area contributed by atoms with Gasteiger partial charge in [0.1, 0.15) is 6.54 Å². The quantitative estimate of drug-likeness (QED) is 0.361. The highest BCUT2D eigenvalue weighted by molar-refractivity contribution is 5.96. The van der Waals surface area contributed by atoms with Crippen LogP contribution >= 0.6 is 0 Å². The van der Waals surface area contributed by atoms with Gasteiger partial charge in [0, 0.05) is 11.3 Å². The van der Waals surface area contributed by atoms with E-state index in [9.17, 15) is 9.59 Å². The van der Waals surface area contributed by atoms with Gasteiger partial charge in [0.2, 0.25) is 0 Å². The number of epoxide rings is 1. The Balaban J connectivity index is 1.69. The second-order valence-corrected chi connectivity index (χ2v) is 5.08. The second-order valence-electron chi connectivity index (χ2n) is 5.08. The van der Waals surface area contributed by atoms with E-state index >= 15 is 0 Å². The molecule has 21 heavy (non-hydrogen) atoms. The molecule has 0 radical (unpaired) electrons. The largest absolute Gasteiger partial charge is 0.388 e. The predicted octanol–water partition coefficient (Wildman–Crippen LogP) is 2.21. The van der Waals surface area contributed by atoms with Gasteiger partial charge in [-0.2, -0.15) is 0 Å². The summed E-state index contributed by atoms with van der Waals surface area (Å²) in [7, 11) is 0. The molecule has 1 atom stereocenters. The predicted molar refractivity (Wildman–Crippen MR) is 78.9 cm³/mol. The maximum atomic E-state index is 11.6. The highest BCUT2D eigenvalue weighted by Crippen LogP contribution is 2.18. The Labute approximate surface area is 123 Å². The minimum absolute atomic E-state index is 0.0617. The third-order valence-corrected chi connectivity index (χ3v) is 3.15. The molecule has 0 amide bonds. The van der Waals surface area contributed by atoms with Crippen LogP contribution in [-0.4, -0.2) is 31.2 Å². The molecule has 0 saturated carbocycles. The summed E-state index contributed by atoms with van der Waals surface area (Å²) in [6.45, 7) is 6.29. The zero-order valence-electron chi connectivity index (χ0n) is 12.1. The number of aryl methyl sites for hydroxylation is 1. The lowest BCUT2D eigenvalue weighted by Crippen LogP contribution is -2.21. The van der Waals surface area contributed by atoms with E-state index in [1.807, 2.05) is 31.2 Å². The van der Waals surface area contributed by atoms with E-state index in [2.05, 4.69) is 11.9 Å². The van der Waals surface area contributed by atoms with Gasteiger partial charge < -0.3 is 14.8 Å². The van der Waals surface area contributed by atoms with Crippen LogP contribution in [0.2, 0.25) is 0 Å². The molecule has 112 valence electrons.